The van der Waals surface area contributed by atoms with Crippen LogP contribution in [0.5, 0.6) is 0 Å². The summed E-state index contributed by atoms with van der Waals surface area (Å²) in [4.78, 5) is 10.6. The van der Waals surface area contributed by atoms with Gasteiger partial charge >= 0.3 is 10.2 Å². The van der Waals surface area contributed by atoms with Gasteiger partial charge in [-0.2, -0.15) is 12.7 Å². The summed E-state index contributed by atoms with van der Waals surface area (Å²) in [6.07, 6.45) is 0. The minimum atomic E-state index is -3.77. The molecule has 1 aliphatic rings. The smallest absolute Gasteiger partial charge is 0.272 e. The number of hydrogen-bond donors (Lipinski definition) is 0. The summed E-state index contributed by atoms with van der Waals surface area (Å²) in [7, 11) is -1.04. The predicted molar refractivity (Wildman–Crippen MR) is 62.8 cm³/mol. The molecule has 0 N–H and O–H groups in total. The van der Waals surface area contributed by atoms with Crippen LogP contribution in [0.3, 0.4) is 0 Å². The molecule has 0 radical (unpaired) electrons. The molecule has 0 spiro atoms. The minimum Gasteiger partial charge on any atom is -0.272 e. The van der Waals surface area contributed by atoms with Crippen molar-refractivity contribution in [3.8, 4) is 0 Å². The van der Waals surface area contributed by atoms with E-state index in [0.717, 1.165) is 8.61 Å². The van der Waals surface area contributed by atoms with Crippen molar-refractivity contribution >= 4 is 39.3 Å². The van der Waals surface area contributed by atoms with Gasteiger partial charge < -0.3 is 0 Å². The van der Waals surface area contributed by atoms with Crippen LogP contribution in [0.15, 0.2) is 0 Å². The Morgan fingerprint density at radius 3 is 2.38 bits per heavy atom. The van der Waals surface area contributed by atoms with Gasteiger partial charge in [0.2, 0.25) is 0 Å². The van der Waals surface area contributed by atoms with Crippen LogP contribution < -0.4 is 0 Å². The van der Waals surface area contributed by atoms with E-state index in [-0.39, 0.29) is 18.3 Å². The third-order valence-corrected chi connectivity index (χ3v) is 5.36. The van der Waals surface area contributed by atoms with Crippen LogP contribution in [0.2, 0.25) is 0 Å². The molecule has 8 heteroatoms. The van der Waals surface area contributed by atoms with E-state index >= 15 is 0 Å². The van der Waals surface area contributed by atoms with Gasteiger partial charge in [-0.1, -0.05) is 0 Å². The molecular formula is C8H14Cl2N2O3S. The standard InChI is InChI=1S/C8H14Cl2N2O3S/c1-8(10)6(4-9)5-12(7(8)13)16(14,15)11(2)3/h6H,4-5H2,1-3H3/t6?,8-/m1/s1. The number of halogens is 2. The van der Waals surface area contributed by atoms with Crippen molar-refractivity contribution in [3.05, 3.63) is 0 Å². The monoisotopic (exact) mass is 288 g/mol. The number of rotatable bonds is 3. The highest BCUT2D eigenvalue weighted by Gasteiger charge is 2.53. The van der Waals surface area contributed by atoms with Crippen molar-refractivity contribution < 1.29 is 13.2 Å². The fraction of sp³-hybridized carbons (Fsp3) is 0.875. The van der Waals surface area contributed by atoms with Gasteiger partial charge in [-0.05, 0) is 6.92 Å². The van der Waals surface area contributed by atoms with Crippen molar-refractivity contribution in [1.29, 1.82) is 0 Å². The fourth-order valence-electron chi connectivity index (χ4n) is 1.46. The van der Waals surface area contributed by atoms with Gasteiger partial charge in [-0.3, -0.25) is 4.79 Å². The lowest BCUT2D eigenvalue weighted by molar-refractivity contribution is -0.125. The molecule has 0 aliphatic carbocycles. The van der Waals surface area contributed by atoms with Crippen molar-refractivity contribution in [2.24, 2.45) is 5.92 Å². The molecule has 0 aromatic heterocycles. The molecule has 94 valence electrons. The van der Waals surface area contributed by atoms with Crippen LogP contribution in [0.1, 0.15) is 6.92 Å². The predicted octanol–water partition coefficient (Wildman–Crippen LogP) is 0.488. The maximum absolute atomic E-state index is 11.9. The van der Waals surface area contributed by atoms with E-state index in [1.165, 1.54) is 21.0 Å². The van der Waals surface area contributed by atoms with E-state index < -0.39 is 21.0 Å². The zero-order valence-corrected chi connectivity index (χ0v) is 11.6. The summed E-state index contributed by atoms with van der Waals surface area (Å²) in [5.74, 6) is -0.850. The van der Waals surface area contributed by atoms with Gasteiger partial charge in [-0.25, -0.2) is 4.31 Å². The lowest BCUT2D eigenvalue weighted by Crippen LogP contribution is -2.43. The summed E-state index contributed by atoms with van der Waals surface area (Å²) >= 11 is 11.7. The maximum atomic E-state index is 11.9. The topological polar surface area (TPSA) is 57.7 Å². The van der Waals surface area contributed by atoms with Crippen LogP contribution in [0.25, 0.3) is 0 Å². The van der Waals surface area contributed by atoms with Gasteiger partial charge in [0.05, 0.1) is 0 Å². The van der Waals surface area contributed by atoms with E-state index in [2.05, 4.69) is 0 Å². The first-order chi connectivity index (χ1) is 7.15. The molecule has 1 aliphatic heterocycles. The van der Waals surface area contributed by atoms with Gasteiger partial charge in [0.1, 0.15) is 4.87 Å². The normalized spacial score (nSPS) is 31.5. The first-order valence-electron chi connectivity index (χ1n) is 4.65. The number of nitrogens with zero attached hydrogens (tertiary/aromatic N) is 2. The lowest BCUT2D eigenvalue weighted by atomic mass is 9.99. The number of hydrogen-bond acceptors (Lipinski definition) is 3. The molecular weight excluding hydrogens is 275 g/mol. The Hall–Kier alpha value is -0.0400. The molecule has 0 aromatic carbocycles. The van der Waals surface area contributed by atoms with Crippen molar-refractivity contribution in [2.45, 2.75) is 11.8 Å². The van der Waals surface area contributed by atoms with Gasteiger partial charge in [0.15, 0.2) is 0 Å². The van der Waals surface area contributed by atoms with Gasteiger partial charge in [0.25, 0.3) is 5.91 Å². The Morgan fingerprint density at radius 1 is 1.56 bits per heavy atom. The Labute approximate surface area is 105 Å². The first kappa shape index (κ1) is 14.0. The highest BCUT2D eigenvalue weighted by molar-refractivity contribution is 7.87. The van der Waals surface area contributed by atoms with E-state index in [1.54, 1.807) is 0 Å². The second-order valence-corrected chi connectivity index (χ2v) is 7.21. The number of carbonyl (C=O) groups excluding carboxylic acids is 1. The molecule has 1 amide bonds. The Bertz CT molecular complexity index is 394. The number of amides is 1. The molecule has 1 rings (SSSR count). The molecule has 1 saturated heterocycles. The van der Waals surface area contributed by atoms with E-state index in [4.69, 9.17) is 23.2 Å². The Kier molecular flexibility index (Phi) is 3.79. The van der Waals surface area contributed by atoms with E-state index in [9.17, 15) is 13.2 Å². The maximum Gasteiger partial charge on any atom is 0.305 e. The average Bonchev–Trinajstić information content (AvgIpc) is 2.39. The van der Waals surface area contributed by atoms with Gasteiger partial charge in [0, 0.05) is 32.4 Å². The molecule has 1 heterocycles. The highest BCUT2D eigenvalue weighted by atomic mass is 35.5. The molecule has 1 fully saturated rings. The quantitative estimate of drug-likeness (QED) is 0.710. The second kappa shape index (κ2) is 4.33. The van der Waals surface area contributed by atoms with E-state index in [1.807, 2.05) is 0 Å². The zero-order valence-electron chi connectivity index (χ0n) is 9.27. The molecule has 1 unspecified atom stereocenters. The highest BCUT2D eigenvalue weighted by Crippen LogP contribution is 2.37. The number of carbonyl (C=O) groups is 1. The summed E-state index contributed by atoms with van der Waals surface area (Å²) in [6.45, 7) is 1.53. The van der Waals surface area contributed by atoms with Crippen LogP contribution in [0.4, 0.5) is 0 Å². The Balaban J connectivity index is 3.10. The van der Waals surface area contributed by atoms with Crippen LogP contribution >= 0.6 is 23.2 Å². The Morgan fingerprint density at radius 2 is 2.06 bits per heavy atom. The van der Waals surface area contributed by atoms with Crippen molar-refractivity contribution in [3.63, 3.8) is 0 Å². The SMILES string of the molecule is CN(C)S(=O)(=O)N1CC(CCl)[C@@](C)(Cl)C1=O. The van der Waals surface area contributed by atoms with Crippen molar-refractivity contribution in [1.82, 2.24) is 8.61 Å². The fourth-order valence-corrected chi connectivity index (χ4v) is 3.41. The third-order valence-electron chi connectivity index (χ3n) is 2.72. The second-order valence-electron chi connectivity index (χ2n) is 4.05. The molecule has 2 atom stereocenters. The first-order valence-corrected chi connectivity index (χ1v) is 6.96. The lowest BCUT2D eigenvalue weighted by Gasteiger charge is -2.21. The molecule has 0 aromatic rings. The summed E-state index contributed by atoms with van der Waals surface area (Å²) in [6, 6.07) is 0. The van der Waals surface area contributed by atoms with Crippen molar-refractivity contribution in [2.75, 3.05) is 26.5 Å². The molecule has 0 bridgehead atoms. The largest absolute Gasteiger partial charge is 0.305 e. The minimum absolute atomic E-state index is 0.0306. The summed E-state index contributed by atoms with van der Waals surface area (Å²) in [5.41, 5.74) is 0. The van der Waals surface area contributed by atoms with E-state index in [0.29, 0.717) is 0 Å². The summed E-state index contributed by atoms with van der Waals surface area (Å²) in [5, 5.41) is 0. The van der Waals surface area contributed by atoms with Gasteiger partial charge in [-0.15, -0.1) is 23.2 Å². The van der Waals surface area contributed by atoms with Crippen LogP contribution in [-0.4, -0.2) is 54.3 Å². The molecule has 5 nitrogen and oxygen atoms in total. The molecule has 0 saturated carbocycles. The third kappa shape index (κ3) is 2.03. The van der Waals surface area contributed by atoms with Crippen LogP contribution in [-0.2, 0) is 15.0 Å². The molecule has 16 heavy (non-hydrogen) atoms. The zero-order chi connectivity index (χ0) is 12.7. The van der Waals surface area contributed by atoms with Crippen LogP contribution in [0, 0.1) is 5.92 Å². The average molecular weight is 289 g/mol. The number of alkyl halides is 2. The summed E-state index contributed by atoms with van der Waals surface area (Å²) < 4.78 is 25.4.